The topological polar surface area (TPSA) is 48.1 Å². The lowest BCUT2D eigenvalue weighted by atomic mass is 10.1. The third-order valence-corrected chi connectivity index (χ3v) is 4.00. The lowest BCUT2D eigenvalue weighted by Crippen LogP contribution is -1.97. The van der Waals surface area contributed by atoms with Crippen LogP contribution in [0.3, 0.4) is 0 Å². The number of thiazole rings is 1. The minimum absolute atomic E-state index is 0.576. The molecule has 2 aromatic rings. The molecule has 1 heterocycles. The van der Waals surface area contributed by atoms with E-state index >= 15 is 0 Å². The van der Waals surface area contributed by atoms with E-state index in [0.717, 1.165) is 29.3 Å². The van der Waals surface area contributed by atoms with Crippen molar-refractivity contribution in [1.82, 2.24) is 4.98 Å². The quantitative estimate of drug-likeness (QED) is 0.901. The second kappa shape index (κ2) is 5.98. The molecule has 18 heavy (non-hydrogen) atoms. The molecule has 0 saturated carbocycles. The van der Waals surface area contributed by atoms with Crippen molar-refractivity contribution < 1.29 is 4.74 Å². The molecule has 0 aliphatic heterocycles. The number of aryl methyl sites for hydroxylation is 1. The maximum atomic E-state index is 5.73. The van der Waals surface area contributed by atoms with Crippen LogP contribution in [0.5, 0.6) is 5.75 Å². The number of hydrogen-bond acceptors (Lipinski definition) is 4. The molecule has 1 aromatic carbocycles. The highest BCUT2D eigenvalue weighted by atomic mass is 32.1. The molecule has 0 fully saturated rings. The van der Waals surface area contributed by atoms with Crippen molar-refractivity contribution in [3.05, 3.63) is 45.4 Å². The van der Waals surface area contributed by atoms with Gasteiger partial charge in [0.05, 0.1) is 17.8 Å². The van der Waals surface area contributed by atoms with Crippen LogP contribution < -0.4 is 10.5 Å². The zero-order chi connectivity index (χ0) is 13.0. The first kappa shape index (κ1) is 13.1. The zero-order valence-electron chi connectivity index (χ0n) is 10.8. The van der Waals surface area contributed by atoms with Gasteiger partial charge in [0.15, 0.2) is 0 Å². The minimum Gasteiger partial charge on any atom is -0.496 e. The average molecular weight is 262 g/mol. The summed E-state index contributed by atoms with van der Waals surface area (Å²) < 4.78 is 5.36. The van der Waals surface area contributed by atoms with Crippen LogP contribution in [-0.2, 0) is 19.4 Å². The Bertz CT molecular complexity index is 501. The zero-order valence-corrected chi connectivity index (χ0v) is 11.6. The van der Waals surface area contributed by atoms with Crippen LogP contribution >= 0.6 is 11.3 Å². The number of ether oxygens (including phenoxy) is 1. The Hall–Kier alpha value is -1.39. The number of benzene rings is 1. The highest BCUT2D eigenvalue weighted by Gasteiger charge is 2.10. The Morgan fingerprint density at radius 1 is 1.33 bits per heavy atom. The smallest absolute Gasteiger partial charge is 0.122 e. The normalized spacial score (nSPS) is 10.6. The lowest BCUT2D eigenvalue weighted by molar-refractivity contribution is 0.410. The van der Waals surface area contributed by atoms with E-state index in [-0.39, 0.29) is 0 Å². The van der Waals surface area contributed by atoms with Gasteiger partial charge in [-0.3, -0.25) is 0 Å². The molecule has 3 nitrogen and oxygen atoms in total. The molecule has 0 saturated heterocycles. The molecule has 0 amide bonds. The molecule has 4 heteroatoms. The van der Waals surface area contributed by atoms with Crippen molar-refractivity contribution in [3.8, 4) is 5.75 Å². The molecule has 0 unspecified atom stereocenters. The van der Waals surface area contributed by atoms with Gasteiger partial charge in [0.25, 0.3) is 0 Å². The number of nitrogens with two attached hydrogens (primary N) is 1. The molecule has 0 aliphatic carbocycles. The third kappa shape index (κ3) is 2.71. The van der Waals surface area contributed by atoms with Gasteiger partial charge in [-0.2, -0.15) is 0 Å². The maximum absolute atomic E-state index is 5.73. The molecule has 0 atom stereocenters. The van der Waals surface area contributed by atoms with Crippen LogP contribution in [0.25, 0.3) is 0 Å². The van der Waals surface area contributed by atoms with Crippen LogP contribution in [0, 0.1) is 0 Å². The van der Waals surface area contributed by atoms with E-state index in [4.69, 9.17) is 10.5 Å². The number of para-hydroxylation sites is 1. The lowest BCUT2D eigenvalue weighted by Gasteiger charge is -2.05. The summed E-state index contributed by atoms with van der Waals surface area (Å²) in [5.41, 5.74) is 8.03. The highest BCUT2D eigenvalue weighted by molar-refractivity contribution is 7.11. The van der Waals surface area contributed by atoms with Crippen LogP contribution in [0.1, 0.15) is 28.1 Å². The third-order valence-electron chi connectivity index (χ3n) is 2.88. The monoisotopic (exact) mass is 262 g/mol. The van der Waals surface area contributed by atoms with Gasteiger partial charge >= 0.3 is 0 Å². The summed E-state index contributed by atoms with van der Waals surface area (Å²) in [6.07, 6.45) is 1.75. The second-order valence-corrected chi connectivity index (χ2v) is 5.19. The molecule has 0 spiro atoms. The van der Waals surface area contributed by atoms with Crippen LogP contribution in [0.2, 0.25) is 0 Å². The first-order chi connectivity index (χ1) is 8.78. The van der Waals surface area contributed by atoms with Gasteiger partial charge in [0, 0.05) is 23.4 Å². The summed E-state index contributed by atoms with van der Waals surface area (Å²) in [4.78, 5) is 5.85. The van der Waals surface area contributed by atoms with Gasteiger partial charge in [0.1, 0.15) is 5.75 Å². The predicted molar refractivity (Wildman–Crippen MR) is 75.2 cm³/mol. The Kier molecular flexibility index (Phi) is 4.33. The first-order valence-corrected chi connectivity index (χ1v) is 6.89. The first-order valence-electron chi connectivity index (χ1n) is 6.07. The molecule has 96 valence electrons. The molecule has 2 N–H and O–H groups in total. The van der Waals surface area contributed by atoms with E-state index in [1.165, 1.54) is 10.4 Å². The highest BCUT2D eigenvalue weighted by Crippen LogP contribution is 2.25. The fourth-order valence-corrected chi connectivity index (χ4v) is 3.02. The molecule has 0 radical (unpaired) electrons. The van der Waals surface area contributed by atoms with Gasteiger partial charge in [-0.05, 0) is 12.5 Å². The number of aromatic nitrogens is 1. The number of methoxy groups -OCH3 is 1. The van der Waals surface area contributed by atoms with Gasteiger partial charge in [0.2, 0.25) is 0 Å². The van der Waals surface area contributed by atoms with E-state index in [9.17, 15) is 0 Å². The fraction of sp³-hybridized carbons (Fsp3) is 0.357. The summed E-state index contributed by atoms with van der Waals surface area (Å²) in [5.74, 6) is 0.917. The number of rotatable bonds is 5. The van der Waals surface area contributed by atoms with Crippen molar-refractivity contribution in [2.75, 3.05) is 7.11 Å². The van der Waals surface area contributed by atoms with Gasteiger partial charge in [-0.15, -0.1) is 11.3 Å². The van der Waals surface area contributed by atoms with Crippen LogP contribution in [0.15, 0.2) is 24.3 Å². The molecule has 0 bridgehead atoms. The molecule has 1 aromatic heterocycles. The van der Waals surface area contributed by atoms with Crippen molar-refractivity contribution in [2.24, 2.45) is 5.73 Å². The Morgan fingerprint density at radius 3 is 2.72 bits per heavy atom. The van der Waals surface area contributed by atoms with E-state index in [2.05, 4.69) is 18.0 Å². The number of hydrogen-bond donors (Lipinski definition) is 1. The minimum atomic E-state index is 0.576. The molecular weight excluding hydrogens is 244 g/mol. The van der Waals surface area contributed by atoms with Crippen molar-refractivity contribution in [2.45, 2.75) is 26.3 Å². The summed E-state index contributed by atoms with van der Waals surface area (Å²) in [7, 11) is 1.70. The molecule has 2 rings (SSSR count). The Balaban J connectivity index is 2.25. The van der Waals surface area contributed by atoms with Crippen molar-refractivity contribution in [3.63, 3.8) is 0 Å². The van der Waals surface area contributed by atoms with E-state index < -0.39 is 0 Å². The summed E-state index contributed by atoms with van der Waals surface area (Å²) in [6, 6.07) is 8.06. The van der Waals surface area contributed by atoms with Gasteiger partial charge in [-0.25, -0.2) is 4.98 Å². The van der Waals surface area contributed by atoms with E-state index in [1.54, 1.807) is 18.4 Å². The van der Waals surface area contributed by atoms with E-state index in [0.29, 0.717) is 6.54 Å². The molecular formula is C14H18N2OS. The molecule has 0 aliphatic rings. The van der Waals surface area contributed by atoms with Crippen LogP contribution in [-0.4, -0.2) is 12.1 Å². The maximum Gasteiger partial charge on any atom is 0.122 e. The summed E-state index contributed by atoms with van der Waals surface area (Å²) >= 11 is 1.71. The Labute approximate surface area is 112 Å². The average Bonchev–Trinajstić information content (AvgIpc) is 2.81. The Morgan fingerprint density at radius 2 is 2.11 bits per heavy atom. The van der Waals surface area contributed by atoms with Crippen molar-refractivity contribution in [1.29, 1.82) is 0 Å². The second-order valence-electron chi connectivity index (χ2n) is 4.02. The summed E-state index contributed by atoms with van der Waals surface area (Å²) in [5, 5.41) is 1.11. The fourth-order valence-electron chi connectivity index (χ4n) is 1.96. The predicted octanol–water partition coefficient (Wildman–Crippen LogP) is 2.76. The largest absolute Gasteiger partial charge is 0.496 e. The van der Waals surface area contributed by atoms with Gasteiger partial charge < -0.3 is 10.5 Å². The van der Waals surface area contributed by atoms with Gasteiger partial charge in [-0.1, -0.05) is 25.1 Å². The number of nitrogens with zero attached hydrogens (tertiary/aromatic N) is 1. The van der Waals surface area contributed by atoms with Crippen LogP contribution in [0.4, 0.5) is 0 Å². The SMILES string of the molecule is CCc1nc(Cc2ccccc2OC)sc1CN. The standard InChI is InChI=1S/C14H18N2OS/c1-3-11-13(9-15)18-14(16-11)8-10-6-4-5-7-12(10)17-2/h4-7H,3,8-9,15H2,1-2H3. The van der Waals surface area contributed by atoms with Crippen molar-refractivity contribution >= 4 is 11.3 Å². The summed E-state index contributed by atoms with van der Waals surface area (Å²) in [6.45, 7) is 2.69. The van der Waals surface area contributed by atoms with E-state index in [1.807, 2.05) is 18.2 Å².